The van der Waals surface area contributed by atoms with E-state index in [0.717, 1.165) is 37.3 Å². The van der Waals surface area contributed by atoms with Crippen LogP contribution in [0.3, 0.4) is 0 Å². The molecule has 3 rings (SSSR count). The molecule has 0 aliphatic carbocycles. The number of halogens is 1. The molecule has 1 aliphatic rings. The Morgan fingerprint density at radius 3 is 2.64 bits per heavy atom. The maximum absolute atomic E-state index is 12.3. The van der Waals surface area contributed by atoms with Crippen molar-refractivity contribution in [3.63, 3.8) is 0 Å². The Hall–Kier alpha value is -1.49. The summed E-state index contributed by atoms with van der Waals surface area (Å²) in [6.45, 7) is 1.68. The van der Waals surface area contributed by atoms with E-state index in [4.69, 9.17) is 16.3 Å². The summed E-state index contributed by atoms with van der Waals surface area (Å²) in [5.74, 6) is 0.818. The minimum absolute atomic E-state index is 0.0580. The summed E-state index contributed by atoms with van der Waals surface area (Å²) in [7, 11) is -2.20. The quantitative estimate of drug-likeness (QED) is 0.788. The monoisotopic (exact) mass is 403 g/mol. The Morgan fingerprint density at radius 2 is 2.00 bits per heavy atom. The summed E-state index contributed by atoms with van der Waals surface area (Å²) < 4.78 is 32.7. The van der Waals surface area contributed by atoms with Crippen molar-refractivity contribution in [2.24, 2.45) is 0 Å². The van der Waals surface area contributed by atoms with Crippen LogP contribution in [0.4, 0.5) is 5.95 Å². The Labute approximate surface area is 155 Å². The predicted octanol–water partition coefficient (Wildman–Crippen LogP) is 2.06. The summed E-state index contributed by atoms with van der Waals surface area (Å²) in [6.07, 6.45) is 3.35. The highest BCUT2D eigenvalue weighted by Crippen LogP contribution is 2.25. The molecule has 0 atom stereocenters. The maximum Gasteiger partial charge on any atom is 0.321 e. The third-order valence-corrected chi connectivity index (χ3v) is 6.83. The van der Waals surface area contributed by atoms with Gasteiger partial charge in [-0.15, -0.1) is 11.3 Å². The van der Waals surface area contributed by atoms with Crippen LogP contribution in [-0.2, 0) is 16.6 Å². The van der Waals surface area contributed by atoms with Crippen LogP contribution < -0.4 is 14.4 Å². The standard InChI is InChI=1S/C14H18ClN5O3S2/c1-23-14-18-11(17-13(19-14)20-7-3-2-4-8-20)9-16-25(21,22)12-6-5-10(15)24-12/h5-6,16H,2-4,7-9H2,1H3. The Kier molecular flexibility index (Phi) is 5.72. The number of rotatable bonds is 6. The lowest BCUT2D eigenvalue weighted by Gasteiger charge is -2.26. The summed E-state index contributed by atoms with van der Waals surface area (Å²) in [5.41, 5.74) is 0. The first kappa shape index (κ1) is 18.3. The number of nitrogens with zero attached hydrogens (tertiary/aromatic N) is 4. The summed E-state index contributed by atoms with van der Waals surface area (Å²) >= 11 is 6.79. The third-order valence-electron chi connectivity index (χ3n) is 3.70. The molecule has 0 aromatic carbocycles. The van der Waals surface area contributed by atoms with Crippen molar-refractivity contribution in [1.82, 2.24) is 19.7 Å². The van der Waals surface area contributed by atoms with Crippen LogP contribution in [0.25, 0.3) is 0 Å². The van der Waals surface area contributed by atoms with E-state index in [-0.39, 0.29) is 16.8 Å². The maximum atomic E-state index is 12.3. The number of hydrogen-bond donors (Lipinski definition) is 1. The topological polar surface area (TPSA) is 97.3 Å². The first-order valence-electron chi connectivity index (χ1n) is 7.77. The highest BCUT2D eigenvalue weighted by Gasteiger charge is 2.20. The van der Waals surface area contributed by atoms with E-state index < -0.39 is 10.0 Å². The van der Waals surface area contributed by atoms with E-state index in [1.54, 1.807) is 6.07 Å². The number of piperidine rings is 1. The molecule has 1 N–H and O–H groups in total. The lowest BCUT2D eigenvalue weighted by Crippen LogP contribution is -2.32. The van der Waals surface area contributed by atoms with Crippen LogP contribution in [-0.4, -0.2) is 43.6 Å². The fourth-order valence-electron chi connectivity index (χ4n) is 2.46. The van der Waals surface area contributed by atoms with Crippen molar-refractivity contribution >= 4 is 38.9 Å². The van der Waals surface area contributed by atoms with E-state index in [0.29, 0.717) is 16.1 Å². The zero-order chi connectivity index (χ0) is 17.9. The molecule has 1 fully saturated rings. The molecule has 1 aliphatic heterocycles. The van der Waals surface area contributed by atoms with Crippen molar-refractivity contribution in [2.45, 2.75) is 30.0 Å². The number of anilines is 1. The van der Waals surface area contributed by atoms with Gasteiger partial charge < -0.3 is 9.64 Å². The number of hydrogen-bond acceptors (Lipinski definition) is 8. The van der Waals surface area contributed by atoms with Crippen LogP contribution in [0.1, 0.15) is 25.1 Å². The molecular formula is C14H18ClN5O3S2. The molecular weight excluding hydrogens is 386 g/mol. The smallest absolute Gasteiger partial charge is 0.321 e. The average Bonchev–Trinajstić information content (AvgIpc) is 3.08. The van der Waals surface area contributed by atoms with Gasteiger partial charge in [-0.05, 0) is 31.4 Å². The summed E-state index contributed by atoms with van der Waals surface area (Å²) in [5, 5.41) is 0. The largest absolute Gasteiger partial charge is 0.467 e. The fraction of sp³-hybridized carbons (Fsp3) is 0.500. The Bertz CT molecular complexity index is 837. The molecule has 136 valence electrons. The van der Waals surface area contributed by atoms with Gasteiger partial charge >= 0.3 is 6.01 Å². The number of aromatic nitrogens is 3. The molecule has 2 aromatic rings. The Morgan fingerprint density at radius 1 is 1.24 bits per heavy atom. The Balaban J connectivity index is 1.77. The van der Waals surface area contributed by atoms with Gasteiger partial charge in [-0.25, -0.2) is 13.1 Å². The minimum Gasteiger partial charge on any atom is -0.467 e. The number of ether oxygens (including phenoxy) is 1. The molecule has 0 amide bonds. The van der Waals surface area contributed by atoms with Gasteiger partial charge in [-0.2, -0.15) is 15.0 Å². The third kappa shape index (κ3) is 4.57. The zero-order valence-electron chi connectivity index (χ0n) is 13.6. The molecule has 2 aromatic heterocycles. The molecule has 11 heteroatoms. The molecule has 0 saturated carbocycles. The second-order valence-electron chi connectivity index (χ2n) is 5.47. The van der Waals surface area contributed by atoms with Crippen molar-refractivity contribution in [3.8, 4) is 6.01 Å². The van der Waals surface area contributed by atoms with Crippen molar-refractivity contribution in [3.05, 3.63) is 22.3 Å². The molecule has 0 radical (unpaired) electrons. The number of methoxy groups -OCH3 is 1. The van der Waals surface area contributed by atoms with Crippen molar-refractivity contribution in [2.75, 3.05) is 25.1 Å². The highest BCUT2D eigenvalue weighted by molar-refractivity contribution is 7.91. The summed E-state index contributed by atoms with van der Waals surface area (Å²) in [6, 6.07) is 3.17. The number of nitrogens with one attached hydrogen (secondary N) is 1. The second-order valence-corrected chi connectivity index (χ2v) is 9.18. The van der Waals surface area contributed by atoms with E-state index in [1.165, 1.54) is 19.6 Å². The molecule has 25 heavy (non-hydrogen) atoms. The lowest BCUT2D eigenvalue weighted by molar-refractivity contribution is 0.374. The van der Waals surface area contributed by atoms with Gasteiger partial charge in [-0.1, -0.05) is 11.6 Å². The molecule has 1 saturated heterocycles. The van der Waals surface area contributed by atoms with E-state index in [2.05, 4.69) is 24.6 Å². The van der Waals surface area contributed by atoms with Gasteiger partial charge in [0.25, 0.3) is 10.0 Å². The van der Waals surface area contributed by atoms with Gasteiger partial charge in [0.2, 0.25) is 5.95 Å². The normalized spacial score (nSPS) is 15.4. The number of thiophene rings is 1. The molecule has 0 bridgehead atoms. The average molecular weight is 404 g/mol. The van der Waals surface area contributed by atoms with Crippen LogP contribution in [0.5, 0.6) is 6.01 Å². The fourth-order valence-corrected chi connectivity index (χ4v) is 4.97. The van der Waals surface area contributed by atoms with Crippen molar-refractivity contribution in [1.29, 1.82) is 0 Å². The van der Waals surface area contributed by atoms with Crippen LogP contribution >= 0.6 is 22.9 Å². The SMILES string of the molecule is COc1nc(CNS(=O)(=O)c2ccc(Cl)s2)nc(N2CCCCC2)n1. The lowest BCUT2D eigenvalue weighted by atomic mass is 10.1. The van der Waals surface area contributed by atoms with Gasteiger partial charge in [-0.3, -0.25) is 0 Å². The van der Waals surface area contributed by atoms with Crippen LogP contribution in [0.15, 0.2) is 16.3 Å². The molecule has 0 unspecified atom stereocenters. The van der Waals surface area contributed by atoms with Crippen LogP contribution in [0, 0.1) is 0 Å². The predicted molar refractivity (Wildman–Crippen MR) is 95.8 cm³/mol. The van der Waals surface area contributed by atoms with E-state index >= 15 is 0 Å². The van der Waals surface area contributed by atoms with Gasteiger partial charge in [0.05, 0.1) is 18.0 Å². The van der Waals surface area contributed by atoms with Gasteiger partial charge in [0.15, 0.2) is 5.82 Å². The van der Waals surface area contributed by atoms with Crippen LogP contribution in [0.2, 0.25) is 4.34 Å². The molecule has 3 heterocycles. The summed E-state index contributed by atoms with van der Waals surface area (Å²) in [4.78, 5) is 14.8. The first-order valence-corrected chi connectivity index (χ1v) is 10.4. The van der Waals surface area contributed by atoms with Gasteiger partial charge in [0, 0.05) is 13.1 Å². The minimum atomic E-state index is -3.67. The van der Waals surface area contributed by atoms with E-state index in [9.17, 15) is 8.42 Å². The highest BCUT2D eigenvalue weighted by atomic mass is 35.5. The van der Waals surface area contributed by atoms with E-state index in [1.807, 2.05) is 0 Å². The van der Waals surface area contributed by atoms with Crippen molar-refractivity contribution < 1.29 is 13.2 Å². The number of sulfonamides is 1. The first-order chi connectivity index (χ1) is 12.0. The molecule has 8 nitrogen and oxygen atoms in total. The second kappa shape index (κ2) is 7.81. The molecule has 0 spiro atoms. The van der Waals surface area contributed by atoms with Gasteiger partial charge in [0.1, 0.15) is 4.21 Å². The zero-order valence-corrected chi connectivity index (χ0v) is 16.0.